The number of aryl methyl sites for hydroxylation is 3. The van der Waals surface area contributed by atoms with Crippen molar-refractivity contribution < 1.29 is 68.3 Å². The highest BCUT2D eigenvalue weighted by Gasteiger charge is 2.31. The molecule has 1 unspecified atom stereocenters. The van der Waals surface area contributed by atoms with Crippen molar-refractivity contribution in [3.8, 4) is 34.5 Å². The van der Waals surface area contributed by atoms with Gasteiger partial charge in [-0.1, -0.05) is 69.2 Å². The lowest BCUT2D eigenvalue weighted by Gasteiger charge is -2.24. The van der Waals surface area contributed by atoms with E-state index in [1.807, 2.05) is 13.8 Å². The summed E-state index contributed by atoms with van der Waals surface area (Å²) in [5.41, 5.74) is 2.36. The van der Waals surface area contributed by atoms with E-state index >= 15 is 0 Å². The van der Waals surface area contributed by atoms with Crippen LogP contribution in [0.15, 0.2) is 97.1 Å². The summed E-state index contributed by atoms with van der Waals surface area (Å²) >= 11 is 0. The van der Waals surface area contributed by atoms with Crippen LogP contribution in [-0.4, -0.2) is 36.8 Å². The summed E-state index contributed by atoms with van der Waals surface area (Å²) in [5, 5.41) is 21.6. The molecule has 7 rings (SSSR count). The Morgan fingerprint density at radius 3 is 1.66 bits per heavy atom. The maximum atomic E-state index is 14.9. The summed E-state index contributed by atoms with van der Waals surface area (Å²) in [7, 11) is 2.89. The van der Waals surface area contributed by atoms with Crippen LogP contribution in [0.4, 0.5) is 43.9 Å². The van der Waals surface area contributed by atoms with Gasteiger partial charge in [0.2, 0.25) is 0 Å². The Morgan fingerprint density at radius 2 is 1.10 bits per heavy atom. The molecule has 68 heavy (non-hydrogen) atoms. The minimum Gasteiger partial charge on any atom is -0.508 e. The van der Waals surface area contributed by atoms with Crippen molar-refractivity contribution in [1.29, 1.82) is 0 Å². The number of aromatic hydroxyl groups is 2. The van der Waals surface area contributed by atoms with Crippen LogP contribution in [-0.2, 0) is 19.3 Å². The molecule has 0 spiro atoms. The van der Waals surface area contributed by atoms with E-state index < -0.39 is 66.6 Å². The zero-order chi connectivity index (χ0) is 48.8. The number of phenolic OH excluding ortho intramolecular Hbond substituents is 2. The molecule has 0 saturated carbocycles. The number of hydrogen-bond donors (Lipinski definition) is 2. The summed E-state index contributed by atoms with van der Waals surface area (Å²) in [6, 6.07) is 23.2. The second kappa shape index (κ2) is 22.0. The van der Waals surface area contributed by atoms with Crippen molar-refractivity contribution in [2.75, 3.05) is 14.2 Å². The Labute approximate surface area is 387 Å². The Morgan fingerprint density at radius 1 is 0.574 bits per heavy atom. The molecule has 6 aromatic carbocycles. The molecule has 6 aromatic rings. The minimum atomic E-state index is -4.48. The summed E-state index contributed by atoms with van der Waals surface area (Å²) in [6.45, 7) is 3.79. The first kappa shape index (κ1) is 52.3. The number of rotatable bonds is 13. The lowest BCUT2D eigenvalue weighted by molar-refractivity contribution is -0.134. The van der Waals surface area contributed by atoms with E-state index in [2.05, 4.69) is 0 Å². The van der Waals surface area contributed by atoms with Crippen LogP contribution in [0.2, 0.25) is 0 Å². The molecule has 362 valence electrons. The molecular weight excluding hydrogens is 907 g/mol. The fourth-order valence-electron chi connectivity index (χ4n) is 8.01. The second-order valence-electron chi connectivity index (χ2n) is 15.8. The summed E-state index contributed by atoms with van der Waals surface area (Å²) in [4.78, 5) is 0. The van der Waals surface area contributed by atoms with Crippen molar-refractivity contribution in [1.82, 2.24) is 0 Å². The van der Waals surface area contributed by atoms with Gasteiger partial charge >= 0.3 is 12.4 Å². The first-order chi connectivity index (χ1) is 31.8. The third-order valence-corrected chi connectivity index (χ3v) is 11.1. The Balaban J connectivity index is 0.000000250. The van der Waals surface area contributed by atoms with Gasteiger partial charge in [-0.2, -0.15) is 26.3 Å². The third-order valence-electron chi connectivity index (χ3n) is 11.1. The molecule has 0 aliphatic carbocycles. The number of phenols is 2. The van der Waals surface area contributed by atoms with Gasteiger partial charge in [-0.25, -0.2) is 17.6 Å². The zero-order valence-electron chi connectivity index (χ0n) is 37.7. The molecule has 5 nitrogen and oxygen atoms in total. The van der Waals surface area contributed by atoms with Crippen LogP contribution in [0.25, 0.3) is 11.6 Å². The first-order valence-electron chi connectivity index (χ1n) is 21.2. The van der Waals surface area contributed by atoms with E-state index in [0.717, 1.165) is 36.8 Å². The van der Waals surface area contributed by atoms with Crippen LogP contribution in [0.1, 0.15) is 90.0 Å². The monoisotopic (exact) mass is 955 g/mol. The topological polar surface area (TPSA) is 68.2 Å². The lowest BCUT2D eigenvalue weighted by Crippen LogP contribution is -2.23. The van der Waals surface area contributed by atoms with Gasteiger partial charge in [0.15, 0.2) is 0 Å². The van der Waals surface area contributed by atoms with Crippen molar-refractivity contribution in [3.05, 3.63) is 183 Å². The predicted octanol–water partition coefficient (Wildman–Crippen LogP) is 13.5. The number of halogens is 10. The molecule has 1 aliphatic heterocycles. The molecule has 1 heterocycles. The molecule has 0 fully saturated rings. The van der Waals surface area contributed by atoms with Gasteiger partial charge in [-0.15, -0.1) is 0 Å². The van der Waals surface area contributed by atoms with Crippen LogP contribution in [0.5, 0.6) is 34.5 Å². The largest absolute Gasteiger partial charge is 0.508 e. The van der Waals surface area contributed by atoms with E-state index in [0.29, 0.717) is 75.1 Å². The fraction of sp³-hybridized carbons (Fsp3) is 0.264. The SMILES string of the molecule is CCCc1cc(O)c(C(c2cc(F)c(CCC(F)(F)F)cc2O)c2ccccc2OC)cc1F.CCCc1cc2c(cc1F)C(c1ccccc1OC)=c1cc(F)/c(=C\CC(F)(F)F)cc1O2.[CH3-]. The summed E-state index contributed by atoms with van der Waals surface area (Å²) in [6.07, 6.45) is -9.06. The smallest absolute Gasteiger partial charge is 0.392 e. The predicted molar refractivity (Wildman–Crippen MR) is 241 cm³/mol. The van der Waals surface area contributed by atoms with Crippen molar-refractivity contribution in [2.45, 2.75) is 77.1 Å². The number of ether oxygens (including phenoxy) is 3. The maximum Gasteiger partial charge on any atom is 0.392 e. The van der Waals surface area contributed by atoms with Gasteiger partial charge < -0.3 is 31.9 Å². The number of hydrogen-bond acceptors (Lipinski definition) is 5. The highest BCUT2D eigenvalue weighted by atomic mass is 19.4. The standard InChI is InChI=1S/C26H25F5O3.C26H21F5O2.CH3/c1-3-6-15-11-22(32)18(13-20(15)27)25(17-7-4-5-8-24(17)34-2)19-14-21(28)16(12-23(19)33)9-10-26(29,30)31;1-3-6-15-11-23-18(13-20(15)27)25(17-7-4-5-8-22(17)32-2)19-14-21(28)16(12-24(19)33-23)9-10-26(29,30)31;/h4-5,7-8,11-14,25,32-33H,3,6,9-10H2,1-2H3;4-5,7-9,11-14H,3,6,10H2,1-2H3;1H3/q;;-1/b;16-9-;. The minimum absolute atomic E-state index is 0. The molecule has 0 saturated heterocycles. The molecule has 1 atom stereocenters. The molecule has 0 radical (unpaired) electrons. The van der Waals surface area contributed by atoms with E-state index in [4.69, 9.17) is 14.2 Å². The first-order valence-corrected chi connectivity index (χ1v) is 21.2. The highest BCUT2D eigenvalue weighted by molar-refractivity contribution is 5.87. The van der Waals surface area contributed by atoms with Crippen molar-refractivity contribution in [2.24, 2.45) is 0 Å². The molecule has 2 N–H and O–H groups in total. The zero-order valence-corrected chi connectivity index (χ0v) is 37.7. The van der Waals surface area contributed by atoms with Gasteiger partial charge in [0.25, 0.3) is 0 Å². The number of methoxy groups -OCH3 is 2. The van der Waals surface area contributed by atoms with E-state index in [1.165, 1.54) is 32.4 Å². The molecular formula is C53H49F10O5-. The molecule has 0 bridgehead atoms. The summed E-state index contributed by atoms with van der Waals surface area (Å²) < 4.78 is 152. The second-order valence-corrected chi connectivity index (χ2v) is 15.8. The van der Waals surface area contributed by atoms with Crippen LogP contribution in [0.3, 0.4) is 0 Å². The Kier molecular flexibility index (Phi) is 16.9. The lowest BCUT2D eigenvalue weighted by atomic mass is 9.82. The van der Waals surface area contributed by atoms with Gasteiger partial charge in [0, 0.05) is 56.2 Å². The Bertz CT molecular complexity index is 2870. The molecule has 0 aromatic heterocycles. The average molecular weight is 956 g/mol. The molecule has 1 aliphatic rings. The number of benzene rings is 6. The van der Waals surface area contributed by atoms with Gasteiger partial charge in [-0.3, -0.25) is 0 Å². The number of alkyl halides is 6. The van der Waals surface area contributed by atoms with Gasteiger partial charge in [0.05, 0.1) is 20.6 Å². The van der Waals surface area contributed by atoms with Crippen molar-refractivity contribution in [3.63, 3.8) is 0 Å². The van der Waals surface area contributed by atoms with E-state index in [1.54, 1.807) is 54.6 Å². The van der Waals surface area contributed by atoms with Crippen molar-refractivity contribution >= 4 is 11.6 Å². The van der Waals surface area contributed by atoms with E-state index in [9.17, 15) is 54.1 Å². The number of fused-ring (bicyclic) bond motifs is 2. The molecule has 0 amide bonds. The summed E-state index contributed by atoms with van der Waals surface area (Å²) in [5.74, 6) is -3.21. The Hall–Kier alpha value is -6.64. The maximum absolute atomic E-state index is 14.9. The van der Waals surface area contributed by atoms with Crippen LogP contribution < -0.4 is 24.6 Å². The van der Waals surface area contributed by atoms with Crippen LogP contribution in [0, 0.1) is 30.7 Å². The average Bonchev–Trinajstić information content (AvgIpc) is 3.27. The number of para-hydroxylation sites is 2. The molecule has 15 heteroatoms. The fourth-order valence-corrected chi connectivity index (χ4v) is 8.01. The van der Waals surface area contributed by atoms with Gasteiger partial charge in [0.1, 0.15) is 57.8 Å². The quantitative estimate of drug-likeness (QED) is 0.0685. The third kappa shape index (κ3) is 12.1. The highest BCUT2D eigenvalue weighted by Crippen LogP contribution is 2.46. The normalized spacial score (nSPS) is 12.8. The van der Waals surface area contributed by atoms with Crippen LogP contribution >= 0.6 is 0 Å². The van der Waals surface area contributed by atoms with Gasteiger partial charge in [-0.05, 0) is 96.6 Å². The van der Waals surface area contributed by atoms with E-state index in [-0.39, 0.29) is 40.8 Å².